The van der Waals surface area contributed by atoms with Crippen molar-refractivity contribution in [1.82, 2.24) is 0 Å². The van der Waals surface area contributed by atoms with E-state index in [4.69, 9.17) is 9.47 Å². The lowest BCUT2D eigenvalue weighted by molar-refractivity contribution is -0.184. The number of ether oxygens (including phenoxy) is 2. The number of carbonyl (C=O) groups is 1. The highest BCUT2D eigenvalue weighted by molar-refractivity contribution is 5.83. The Bertz CT molecular complexity index is 681. The Kier molecular flexibility index (Phi) is 6.39. The monoisotopic (exact) mass is 436 g/mol. The minimum absolute atomic E-state index is 0.0969. The second-order valence-electron chi connectivity index (χ2n) is 11.7. The highest BCUT2D eigenvalue weighted by Crippen LogP contribution is 2.68. The molecule has 0 spiro atoms. The van der Waals surface area contributed by atoms with Gasteiger partial charge in [0.05, 0.1) is 24.4 Å². The van der Waals surface area contributed by atoms with E-state index in [0.717, 1.165) is 25.7 Å². The van der Waals surface area contributed by atoms with Gasteiger partial charge in [-0.1, -0.05) is 13.8 Å². The van der Waals surface area contributed by atoms with Gasteiger partial charge in [-0.15, -0.1) is 0 Å². The van der Waals surface area contributed by atoms with Crippen LogP contribution < -0.4 is 0 Å². The smallest absolute Gasteiger partial charge is 0.136 e. The summed E-state index contributed by atoms with van der Waals surface area (Å²) in [5.74, 6) is 2.02. The lowest BCUT2D eigenvalue weighted by Gasteiger charge is -2.61. The second-order valence-corrected chi connectivity index (χ2v) is 11.7. The van der Waals surface area contributed by atoms with Crippen LogP contribution in [0.2, 0.25) is 0 Å². The minimum Gasteiger partial charge on any atom is -0.390 e. The highest BCUT2D eigenvalue weighted by Gasteiger charge is 2.65. The lowest BCUT2D eigenvalue weighted by Crippen LogP contribution is -2.60. The molecule has 4 aliphatic rings. The number of hydrogen-bond acceptors (Lipinski definition) is 5. The van der Waals surface area contributed by atoms with Crippen LogP contribution in [0, 0.1) is 40.4 Å². The van der Waals surface area contributed by atoms with Gasteiger partial charge in [0.25, 0.3) is 0 Å². The van der Waals surface area contributed by atoms with Crippen molar-refractivity contribution >= 4 is 5.78 Å². The van der Waals surface area contributed by atoms with Crippen LogP contribution >= 0.6 is 0 Å². The first-order valence-electron chi connectivity index (χ1n) is 12.7. The fourth-order valence-corrected chi connectivity index (χ4v) is 8.95. The van der Waals surface area contributed by atoms with Gasteiger partial charge in [-0.3, -0.25) is 4.79 Å². The van der Waals surface area contributed by atoms with E-state index in [1.165, 1.54) is 0 Å². The van der Waals surface area contributed by atoms with Crippen molar-refractivity contribution in [3.8, 4) is 0 Å². The van der Waals surface area contributed by atoms with Crippen molar-refractivity contribution in [2.75, 3.05) is 19.8 Å². The molecule has 0 aromatic heterocycles. The third-order valence-electron chi connectivity index (χ3n) is 10.3. The van der Waals surface area contributed by atoms with Gasteiger partial charge >= 0.3 is 0 Å². The first-order valence-corrected chi connectivity index (χ1v) is 12.7. The topological polar surface area (TPSA) is 76.0 Å². The molecule has 0 heterocycles. The van der Waals surface area contributed by atoms with Crippen molar-refractivity contribution in [2.24, 2.45) is 40.4 Å². The Morgan fingerprint density at radius 1 is 1.03 bits per heavy atom. The van der Waals surface area contributed by atoms with E-state index < -0.39 is 12.2 Å². The van der Waals surface area contributed by atoms with Crippen molar-refractivity contribution in [3.05, 3.63) is 0 Å². The van der Waals surface area contributed by atoms with Crippen molar-refractivity contribution in [3.63, 3.8) is 0 Å². The van der Waals surface area contributed by atoms with Gasteiger partial charge in [0.2, 0.25) is 0 Å². The number of aliphatic hydroxyl groups excluding tert-OH is 2. The van der Waals surface area contributed by atoms with Gasteiger partial charge < -0.3 is 19.7 Å². The molecule has 0 bridgehead atoms. The van der Waals surface area contributed by atoms with E-state index in [1.54, 1.807) is 0 Å². The zero-order valence-electron chi connectivity index (χ0n) is 20.2. The predicted molar refractivity (Wildman–Crippen MR) is 120 cm³/mol. The van der Waals surface area contributed by atoms with Crippen molar-refractivity contribution < 1.29 is 24.5 Å². The van der Waals surface area contributed by atoms with Crippen LogP contribution in [0.25, 0.3) is 0 Å². The maximum Gasteiger partial charge on any atom is 0.136 e. The van der Waals surface area contributed by atoms with Gasteiger partial charge in [-0.25, -0.2) is 0 Å². The summed E-state index contributed by atoms with van der Waals surface area (Å²) >= 11 is 0. The predicted octanol–water partition coefficient (Wildman–Crippen LogP) is 3.99. The molecular formula is C26H44O5. The summed E-state index contributed by atoms with van der Waals surface area (Å²) in [4.78, 5) is 13.3. The first kappa shape index (κ1) is 23.7. The highest BCUT2D eigenvalue weighted by atomic mass is 16.5. The molecule has 4 aliphatic carbocycles. The number of carbonyl (C=O) groups excluding carboxylic acids is 1. The molecule has 0 aromatic rings. The van der Waals surface area contributed by atoms with Gasteiger partial charge in [-0.05, 0) is 93.8 Å². The second kappa shape index (κ2) is 8.38. The fraction of sp³-hybridized carbons (Fsp3) is 0.962. The summed E-state index contributed by atoms with van der Waals surface area (Å²) in [5.41, 5.74) is -0.331. The molecule has 178 valence electrons. The minimum atomic E-state index is -0.756. The molecule has 0 amide bonds. The lowest BCUT2D eigenvalue weighted by atomic mass is 9.43. The van der Waals surface area contributed by atoms with Crippen LogP contribution in [0.5, 0.6) is 0 Å². The van der Waals surface area contributed by atoms with Gasteiger partial charge in [0.1, 0.15) is 5.78 Å². The summed E-state index contributed by atoms with van der Waals surface area (Å²) in [6.07, 6.45) is 4.71. The molecule has 0 aliphatic heterocycles. The molecule has 5 nitrogen and oxygen atoms in total. The van der Waals surface area contributed by atoms with Gasteiger partial charge in [0.15, 0.2) is 0 Å². The fourth-order valence-electron chi connectivity index (χ4n) is 8.95. The molecule has 0 radical (unpaired) electrons. The zero-order valence-corrected chi connectivity index (χ0v) is 20.2. The Morgan fingerprint density at radius 2 is 1.74 bits per heavy atom. The van der Waals surface area contributed by atoms with E-state index in [0.29, 0.717) is 68.5 Å². The molecule has 0 saturated heterocycles. The molecule has 4 saturated carbocycles. The summed E-state index contributed by atoms with van der Waals surface area (Å²) in [7, 11) is 0. The largest absolute Gasteiger partial charge is 0.390 e. The number of fused-ring (bicyclic) bond motifs is 5. The van der Waals surface area contributed by atoms with E-state index in [1.807, 2.05) is 6.92 Å². The molecule has 1 unspecified atom stereocenters. The number of aliphatic hydroxyl groups is 2. The van der Waals surface area contributed by atoms with E-state index in [-0.39, 0.29) is 22.3 Å². The van der Waals surface area contributed by atoms with E-state index >= 15 is 0 Å². The molecule has 10 atom stereocenters. The zero-order chi connectivity index (χ0) is 22.6. The Balaban J connectivity index is 1.62. The van der Waals surface area contributed by atoms with E-state index in [2.05, 4.69) is 27.7 Å². The quantitative estimate of drug-likeness (QED) is 0.658. The van der Waals surface area contributed by atoms with Crippen LogP contribution in [0.1, 0.15) is 79.6 Å². The maximum atomic E-state index is 13.3. The van der Waals surface area contributed by atoms with Crippen LogP contribution in [0.15, 0.2) is 0 Å². The van der Waals surface area contributed by atoms with Crippen LogP contribution in [0.4, 0.5) is 0 Å². The molecule has 4 fully saturated rings. The first-order chi connectivity index (χ1) is 14.6. The summed E-state index contributed by atoms with van der Waals surface area (Å²) in [6.45, 7) is 13.0. The van der Waals surface area contributed by atoms with Crippen molar-refractivity contribution in [2.45, 2.75) is 97.4 Å². The number of ketones is 1. The average Bonchev–Trinajstić information content (AvgIpc) is 3.07. The van der Waals surface area contributed by atoms with Gasteiger partial charge in [-0.2, -0.15) is 0 Å². The van der Waals surface area contributed by atoms with Crippen LogP contribution in [-0.2, 0) is 14.3 Å². The van der Waals surface area contributed by atoms with E-state index in [9.17, 15) is 15.0 Å². The molecule has 2 N–H and O–H groups in total. The molecule has 4 rings (SSSR count). The summed E-state index contributed by atoms with van der Waals surface area (Å²) < 4.78 is 12.3. The standard InChI is InChI=1S/C26H44O5/c1-6-30-15-26(5,31-7-2)23-9-8-17-16-12-20(27)19-13-21(28)22(29)14-25(19,4)18(16)10-11-24(17,23)3/h16-19,21-23,28-29H,6-15H2,1-5H3/t16-,17-,18-,19?,21-,22+,23-,24-,25+,26-/m0/s1. The molecule has 0 aromatic carbocycles. The summed E-state index contributed by atoms with van der Waals surface area (Å²) in [6, 6.07) is 0. The average molecular weight is 437 g/mol. The third kappa shape index (κ3) is 3.62. The Morgan fingerprint density at radius 3 is 2.42 bits per heavy atom. The number of hydrogen-bond donors (Lipinski definition) is 2. The number of Topliss-reactive ketones (excluding diaryl/α,β-unsaturated/α-hetero) is 1. The van der Waals surface area contributed by atoms with Crippen LogP contribution in [-0.4, -0.2) is 53.6 Å². The normalized spacial score (nSPS) is 49.1. The molecule has 5 heteroatoms. The third-order valence-corrected chi connectivity index (χ3v) is 10.3. The Labute approximate surface area is 188 Å². The van der Waals surface area contributed by atoms with Crippen molar-refractivity contribution in [1.29, 1.82) is 0 Å². The SMILES string of the molecule is CCOC[C@](C)(OCC)[C@H]1CC[C@H]2[C@@H]3CC(=O)C4C[C@H](O)[C@H](O)C[C@]4(C)[C@H]3CC[C@@]21C. The number of rotatable bonds is 6. The van der Waals surface area contributed by atoms with Gasteiger partial charge in [0, 0.05) is 25.6 Å². The Hall–Kier alpha value is -0.490. The summed E-state index contributed by atoms with van der Waals surface area (Å²) in [5, 5.41) is 20.7. The molecule has 31 heavy (non-hydrogen) atoms. The van der Waals surface area contributed by atoms with Crippen LogP contribution in [0.3, 0.4) is 0 Å². The maximum absolute atomic E-state index is 13.3. The molecular weight excluding hydrogens is 392 g/mol.